The second-order valence-electron chi connectivity index (χ2n) is 11.0. The van der Waals surface area contributed by atoms with Crippen LogP contribution < -0.4 is 14.8 Å². The van der Waals surface area contributed by atoms with Crippen LogP contribution in [0, 0.1) is 11.7 Å². The van der Waals surface area contributed by atoms with Crippen molar-refractivity contribution in [1.29, 1.82) is 0 Å². The molecule has 8 heteroatoms. The van der Waals surface area contributed by atoms with E-state index in [0.29, 0.717) is 43.4 Å². The fraction of sp³-hybridized carbons (Fsp3) is 0.567. The summed E-state index contributed by atoms with van der Waals surface area (Å²) >= 11 is 0. The third-order valence-corrected chi connectivity index (χ3v) is 7.75. The van der Waals surface area contributed by atoms with Gasteiger partial charge in [0.25, 0.3) is 0 Å². The molecule has 3 aliphatic rings. The van der Waals surface area contributed by atoms with Crippen molar-refractivity contribution in [3.05, 3.63) is 59.2 Å². The van der Waals surface area contributed by atoms with Gasteiger partial charge in [0, 0.05) is 43.6 Å². The quantitative estimate of drug-likeness (QED) is 0.309. The van der Waals surface area contributed by atoms with Crippen LogP contribution in [0.4, 0.5) is 10.2 Å². The van der Waals surface area contributed by atoms with Crippen LogP contribution in [0.25, 0.3) is 0 Å². The second kappa shape index (κ2) is 11.9. The van der Waals surface area contributed by atoms with Crippen LogP contribution in [0.3, 0.4) is 0 Å². The molecule has 0 unspecified atom stereocenters. The Morgan fingerprint density at radius 3 is 3.00 bits per heavy atom. The number of aromatic nitrogens is 1. The Morgan fingerprint density at radius 2 is 2.18 bits per heavy atom. The van der Waals surface area contributed by atoms with Crippen molar-refractivity contribution in [2.75, 3.05) is 38.2 Å². The van der Waals surface area contributed by atoms with Gasteiger partial charge in [-0.2, -0.15) is 0 Å². The molecule has 5 rings (SSSR count). The first kappa shape index (κ1) is 26.8. The molecule has 2 aromatic rings. The normalized spacial score (nSPS) is 21.7. The topological polar surface area (TPSA) is 76.1 Å². The van der Waals surface area contributed by atoms with Crippen LogP contribution in [0.1, 0.15) is 62.4 Å². The van der Waals surface area contributed by atoms with Gasteiger partial charge in [-0.25, -0.2) is 9.37 Å². The number of benzene rings is 1. The molecule has 2 N–H and O–H groups in total. The molecule has 0 radical (unpaired) electrons. The highest BCUT2D eigenvalue weighted by Gasteiger charge is 2.36. The predicted octanol–water partition coefficient (Wildman–Crippen LogP) is 5.60. The number of nitrogens with one attached hydrogen (secondary N) is 1. The molecule has 206 valence electrons. The smallest absolute Gasteiger partial charge is 0.167 e. The minimum Gasteiger partial charge on any atom is -0.511 e. The zero-order valence-electron chi connectivity index (χ0n) is 22.5. The number of nitrogens with zero attached hydrogens (tertiary/aromatic N) is 2. The lowest BCUT2D eigenvalue weighted by atomic mass is 10.00. The molecule has 0 spiro atoms. The molecule has 1 fully saturated rings. The SMILES string of the molecule is C=C(O)[C@H](c1cc(F)cc2c1O[C@H](C(C)C)CO2)N1CC[C@@H](OCCCCc2ccc3c(n2)NCCC3)C1. The first-order valence-corrected chi connectivity index (χ1v) is 14.0. The largest absolute Gasteiger partial charge is 0.511 e. The molecule has 1 aromatic carbocycles. The number of rotatable bonds is 10. The van der Waals surface area contributed by atoms with Crippen molar-refractivity contribution in [2.24, 2.45) is 5.92 Å². The minimum absolute atomic E-state index is 0.0410. The predicted molar refractivity (Wildman–Crippen MR) is 146 cm³/mol. The number of hydrogen-bond donors (Lipinski definition) is 2. The molecule has 0 amide bonds. The van der Waals surface area contributed by atoms with E-state index in [0.717, 1.165) is 50.2 Å². The lowest BCUT2D eigenvalue weighted by molar-refractivity contribution is 0.0479. The highest BCUT2D eigenvalue weighted by molar-refractivity contribution is 5.51. The first-order chi connectivity index (χ1) is 18.4. The fourth-order valence-electron chi connectivity index (χ4n) is 5.59. The number of aliphatic hydroxyl groups is 1. The lowest BCUT2D eigenvalue weighted by Gasteiger charge is -2.34. The van der Waals surface area contributed by atoms with Crippen LogP contribution in [-0.2, 0) is 17.6 Å². The summed E-state index contributed by atoms with van der Waals surface area (Å²) in [5, 5.41) is 14.0. The summed E-state index contributed by atoms with van der Waals surface area (Å²) in [5.74, 6) is 1.69. The van der Waals surface area contributed by atoms with E-state index in [-0.39, 0.29) is 23.9 Å². The van der Waals surface area contributed by atoms with Crippen LogP contribution in [0.5, 0.6) is 11.5 Å². The summed E-state index contributed by atoms with van der Waals surface area (Å²) in [6.45, 7) is 11.3. The van der Waals surface area contributed by atoms with Gasteiger partial charge in [-0.15, -0.1) is 0 Å². The first-order valence-electron chi connectivity index (χ1n) is 14.0. The molecule has 1 aromatic heterocycles. The van der Waals surface area contributed by atoms with E-state index in [1.165, 1.54) is 24.1 Å². The Kier molecular flexibility index (Phi) is 8.39. The highest BCUT2D eigenvalue weighted by atomic mass is 19.1. The molecule has 7 nitrogen and oxygen atoms in total. The summed E-state index contributed by atoms with van der Waals surface area (Å²) in [7, 11) is 0. The Labute approximate surface area is 225 Å². The molecule has 0 saturated carbocycles. The van der Waals surface area contributed by atoms with E-state index in [1.807, 2.05) is 0 Å². The second-order valence-corrected chi connectivity index (χ2v) is 11.0. The van der Waals surface area contributed by atoms with Gasteiger partial charge in [-0.3, -0.25) is 4.90 Å². The molecule has 38 heavy (non-hydrogen) atoms. The molecule has 0 bridgehead atoms. The van der Waals surface area contributed by atoms with Gasteiger partial charge < -0.3 is 24.6 Å². The highest BCUT2D eigenvalue weighted by Crippen LogP contribution is 2.44. The van der Waals surface area contributed by atoms with E-state index in [1.54, 1.807) is 0 Å². The monoisotopic (exact) mass is 525 g/mol. The third-order valence-electron chi connectivity index (χ3n) is 7.75. The molecular weight excluding hydrogens is 485 g/mol. The maximum atomic E-state index is 14.5. The summed E-state index contributed by atoms with van der Waals surface area (Å²) in [4.78, 5) is 6.87. The van der Waals surface area contributed by atoms with Crippen molar-refractivity contribution in [1.82, 2.24) is 9.88 Å². The average molecular weight is 526 g/mol. The number of ether oxygens (including phenoxy) is 3. The van der Waals surface area contributed by atoms with Crippen LogP contribution in [0.2, 0.25) is 0 Å². The van der Waals surface area contributed by atoms with Gasteiger partial charge >= 0.3 is 0 Å². The Morgan fingerprint density at radius 1 is 1.32 bits per heavy atom. The fourth-order valence-corrected chi connectivity index (χ4v) is 5.59. The zero-order valence-corrected chi connectivity index (χ0v) is 22.5. The summed E-state index contributed by atoms with van der Waals surface area (Å²) in [5.41, 5.74) is 2.99. The van der Waals surface area contributed by atoms with Crippen molar-refractivity contribution >= 4 is 5.82 Å². The van der Waals surface area contributed by atoms with Gasteiger partial charge in [-0.1, -0.05) is 26.5 Å². The molecule has 4 heterocycles. The molecule has 1 saturated heterocycles. The van der Waals surface area contributed by atoms with E-state index in [4.69, 9.17) is 19.2 Å². The van der Waals surface area contributed by atoms with Crippen molar-refractivity contribution in [3.63, 3.8) is 0 Å². The van der Waals surface area contributed by atoms with Gasteiger partial charge in [0.05, 0.1) is 12.1 Å². The summed E-state index contributed by atoms with van der Waals surface area (Å²) in [6.07, 6.45) is 5.93. The van der Waals surface area contributed by atoms with Gasteiger partial charge in [0.2, 0.25) is 0 Å². The van der Waals surface area contributed by atoms with E-state index < -0.39 is 11.9 Å². The lowest BCUT2D eigenvalue weighted by Crippen LogP contribution is -2.36. The third kappa shape index (κ3) is 6.07. The van der Waals surface area contributed by atoms with Crippen molar-refractivity contribution < 1.29 is 23.7 Å². The molecule has 3 aliphatic heterocycles. The Bertz CT molecular complexity index is 1140. The zero-order chi connectivity index (χ0) is 26.6. The number of aliphatic hydroxyl groups excluding tert-OH is 1. The van der Waals surface area contributed by atoms with Gasteiger partial charge in [0.1, 0.15) is 30.1 Å². The maximum Gasteiger partial charge on any atom is 0.167 e. The minimum atomic E-state index is -0.591. The number of pyridine rings is 1. The molecule has 3 atom stereocenters. The van der Waals surface area contributed by atoms with Crippen molar-refractivity contribution in [3.8, 4) is 11.5 Å². The van der Waals surface area contributed by atoms with Crippen molar-refractivity contribution in [2.45, 2.75) is 70.6 Å². The van der Waals surface area contributed by atoms with E-state index in [2.05, 4.69) is 42.8 Å². The number of halogens is 1. The average Bonchev–Trinajstić information content (AvgIpc) is 3.36. The Hall–Kier alpha value is -2.84. The molecule has 0 aliphatic carbocycles. The number of hydrogen-bond acceptors (Lipinski definition) is 7. The van der Waals surface area contributed by atoms with Crippen LogP contribution >= 0.6 is 0 Å². The number of likely N-dealkylation sites (tertiary alicyclic amines) is 1. The Balaban J connectivity index is 1.15. The number of fused-ring (bicyclic) bond motifs is 2. The van der Waals surface area contributed by atoms with E-state index >= 15 is 0 Å². The summed E-state index contributed by atoms with van der Waals surface area (Å²) in [6, 6.07) is 6.53. The summed E-state index contributed by atoms with van der Waals surface area (Å²) < 4.78 is 32.8. The number of unbranched alkanes of at least 4 members (excludes halogenated alkanes) is 1. The van der Waals surface area contributed by atoms with Gasteiger partial charge in [0.15, 0.2) is 11.5 Å². The maximum absolute atomic E-state index is 14.5. The molecular formula is C30H40FN3O4. The van der Waals surface area contributed by atoms with Crippen LogP contribution in [0.15, 0.2) is 36.6 Å². The van der Waals surface area contributed by atoms with Gasteiger partial charge in [-0.05, 0) is 62.1 Å². The number of anilines is 1. The van der Waals surface area contributed by atoms with Crippen LogP contribution in [-0.4, -0.2) is 60.0 Å². The number of aryl methyl sites for hydroxylation is 2. The standard InChI is InChI=1S/C30H40FN3O4/c1-19(2)27-18-37-26-16-22(31)15-25(29(26)38-27)28(20(3)35)34-13-11-24(17-34)36-14-5-4-8-23-10-9-21-7-6-12-32-30(21)33-23/h9-10,15-16,19,24,27-28,35H,3-8,11-14,17-18H2,1-2H3,(H,32,33)/t24-,27+,28-/m1/s1. The van der Waals surface area contributed by atoms with E-state index in [9.17, 15) is 9.50 Å².